The molecule has 0 amide bonds. The number of H-pyrrole nitrogens is 1. The first-order chi connectivity index (χ1) is 14.4. The summed E-state index contributed by atoms with van der Waals surface area (Å²) < 4.78 is 31.7. The van der Waals surface area contributed by atoms with Gasteiger partial charge in [0.2, 0.25) is 0 Å². The molecule has 0 aliphatic carbocycles. The first kappa shape index (κ1) is 20.3. The molecule has 0 bridgehead atoms. The van der Waals surface area contributed by atoms with Crippen LogP contribution in [-0.4, -0.2) is 40.4 Å². The van der Waals surface area contributed by atoms with Crippen molar-refractivity contribution in [3.8, 4) is 5.75 Å². The van der Waals surface area contributed by atoms with E-state index in [9.17, 15) is 8.42 Å². The third kappa shape index (κ3) is 4.14. The Morgan fingerprint density at radius 3 is 2.77 bits per heavy atom. The molecule has 0 unspecified atom stereocenters. The van der Waals surface area contributed by atoms with Gasteiger partial charge in [-0.3, -0.25) is 10.1 Å². The first-order valence-corrected chi connectivity index (χ1v) is 11.8. The predicted octanol–water partition coefficient (Wildman–Crippen LogP) is 3.96. The van der Waals surface area contributed by atoms with E-state index in [4.69, 9.17) is 4.74 Å². The van der Waals surface area contributed by atoms with Crippen molar-refractivity contribution in [2.75, 3.05) is 11.9 Å². The van der Waals surface area contributed by atoms with Crippen LogP contribution in [0.5, 0.6) is 5.75 Å². The second-order valence-electron chi connectivity index (χ2n) is 6.89. The summed E-state index contributed by atoms with van der Waals surface area (Å²) in [6.07, 6.45) is 4.01. The van der Waals surface area contributed by atoms with Crippen molar-refractivity contribution >= 4 is 43.0 Å². The molecular formula is C20H21N5O3S2. The molecule has 4 rings (SSSR count). The van der Waals surface area contributed by atoms with E-state index < -0.39 is 15.1 Å². The number of hydrogen-bond acceptors (Lipinski definition) is 8. The number of ether oxygens (including phenoxy) is 1. The number of rotatable bonds is 8. The molecule has 2 N–H and O–H groups in total. The summed E-state index contributed by atoms with van der Waals surface area (Å²) in [5.74, 6) is 0.928. The number of hydrogen-bond donors (Lipinski definition) is 2. The van der Waals surface area contributed by atoms with E-state index in [2.05, 4.69) is 25.5 Å². The number of aromatic nitrogens is 4. The molecule has 8 nitrogen and oxygen atoms in total. The van der Waals surface area contributed by atoms with Crippen molar-refractivity contribution in [2.45, 2.75) is 30.4 Å². The molecule has 4 aromatic rings. The van der Waals surface area contributed by atoms with E-state index in [1.54, 1.807) is 38.4 Å². The van der Waals surface area contributed by atoms with Crippen molar-refractivity contribution in [3.63, 3.8) is 0 Å². The average Bonchev–Trinajstić information content (AvgIpc) is 3.39. The van der Waals surface area contributed by atoms with E-state index in [-0.39, 0.29) is 4.90 Å². The van der Waals surface area contributed by atoms with E-state index in [1.165, 1.54) is 11.3 Å². The Labute approximate surface area is 178 Å². The summed E-state index contributed by atoms with van der Waals surface area (Å²) in [6.45, 7) is 3.67. The molecule has 0 aliphatic heterocycles. The molecule has 10 heteroatoms. The Bertz CT molecular complexity index is 1240. The second-order valence-corrected chi connectivity index (χ2v) is 10.3. The van der Waals surface area contributed by atoms with Crippen LogP contribution in [0.2, 0.25) is 0 Å². The highest BCUT2D eigenvalue weighted by Gasteiger charge is 2.23. The fourth-order valence-corrected chi connectivity index (χ4v) is 4.53. The fourth-order valence-electron chi connectivity index (χ4n) is 2.91. The molecule has 30 heavy (non-hydrogen) atoms. The van der Waals surface area contributed by atoms with Crippen LogP contribution in [0.4, 0.5) is 10.9 Å². The molecule has 0 fully saturated rings. The van der Waals surface area contributed by atoms with Crippen LogP contribution in [0.1, 0.15) is 19.5 Å². The Balaban J connectivity index is 1.70. The molecular weight excluding hydrogens is 422 g/mol. The highest BCUT2D eigenvalue weighted by Crippen LogP contribution is 2.35. The van der Waals surface area contributed by atoms with Crippen LogP contribution in [0.25, 0.3) is 10.9 Å². The van der Waals surface area contributed by atoms with Gasteiger partial charge in [-0.2, -0.15) is 5.10 Å². The zero-order valence-electron chi connectivity index (χ0n) is 16.5. The van der Waals surface area contributed by atoms with Gasteiger partial charge in [0, 0.05) is 41.3 Å². The van der Waals surface area contributed by atoms with Gasteiger partial charge >= 0.3 is 0 Å². The molecule has 3 heterocycles. The number of nitrogens with one attached hydrogen (secondary N) is 2. The van der Waals surface area contributed by atoms with Crippen LogP contribution in [0, 0.1) is 0 Å². The minimum atomic E-state index is -3.50. The maximum Gasteiger partial charge on any atom is 0.188 e. The number of benzene rings is 1. The summed E-state index contributed by atoms with van der Waals surface area (Å²) in [4.78, 5) is 8.68. The van der Waals surface area contributed by atoms with Gasteiger partial charge in [-0.1, -0.05) is 6.07 Å². The van der Waals surface area contributed by atoms with Crippen molar-refractivity contribution in [1.29, 1.82) is 0 Å². The van der Waals surface area contributed by atoms with Gasteiger partial charge < -0.3 is 10.1 Å². The molecule has 0 atom stereocenters. The topological polar surface area (TPSA) is 110 Å². The van der Waals surface area contributed by atoms with E-state index in [0.717, 1.165) is 5.69 Å². The SMILES string of the molecule is CC(C)S(=O)(=O)c1cc(OCCc2ccccn2)c2[nH]nc(Nc3nccs3)c2c1. The van der Waals surface area contributed by atoms with Gasteiger partial charge in [0.25, 0.3) is 0 Å². The smallest absolute Gasteiger partial charge is 0.188 e. The van der Waals surface area contributed by atoms with Crippen LogP contribution in [0.15, 0.2) is 53.0 Å². The van der Waals surface area contributed by atoms with Gasteiger partial charge in [-0.05, 0) is 32.0 Å². The third-order valence-electron chi connectivity index (χ3n) is 4.56. The molecule has 0 aliphatic rings. The van der Waals surface area contributed by atoms with Crippen molar-refractivity contribution in [2.24, 2.45) is 0 Å². The number of aromatic amines is 1. The molecule has 0 saturated carbocycles. The van der Waals surface area contributed by atoms with Gasteiger partial charge in [0.05, 0.1) is 16.8 Å². The lowest BCUT2D eigenvalue weighted by atomic mass is 10.2. The largest absolute Gasteiger partial charge is 0.491 e. The average molecular weight is 444 g/mol. The van der Waals surface area contributed by atoms with Gasteiger partial charge in [-0.15, -0.1) is 11.3 Å². The number of sulfone groups is 1. The summed E-state index contributed by atoms with van der Waals surface area (Å²) >= 11 is 1.43. The maximum absolute atomic E-state index is 12.8. The quantitative estimate of drug-likeness (QED) is 0.424. The molecule has 156 valence electrons. The summed E-state index contributed by atoms with van der Waals surface area (Å²) in [7, 11) is -3.50. The maximum atomic E-state index is 12.8. The second kappa shape index (κ2) is 8.41. The Kier molecular flexibility index (Phi) is 5.69. The lowest BCUT2D eigenvalue weighted by Gasteiger charge is -2.12. The number of pyridine rings is 1. The number of anilines is 2. The zero-order valence-corrected chi connectivity index (χ0v) is 18.1. The van der Waals surface area contributed by atoms with Gasteiger partial charge in [0.15, 0.2) is 20.8 Å². The lowest BCUT2D eigenvalue weighted by molar-refractivity contribution is 0.323. The highest BCUT2D eigenvalue weighted by molar-refractivity contribution is 7.92. The fraction of sp³-hybridized carbons (Fsp3) is 0.250. The third-order valence-corrected chi connectivity index (χ3v) is 7.38. The number of fused-ring (bicyclic) bond motifs is 1. The van der Waals surface area contributed by atoms with Crippen LogP contribution >= 0.6 is 11.3 Å². The van der Waals surface area contributed by atoms with E-state index >= 15 is 0 Å². The lowest BCUT2D eigenvalue weighted by Crippen LogP contribution is -2.14. The highest BCUT2D eigenvalue weighted by atomic mass is 32.2. The Morgan fingerprint density at radius 2 is 2.07 bits per heavy atom. The standard InChI is InChI=1S/C20H21N5O3S2/c1-13(2)30(26,27)15-11-16-18(24-25-19(16)23-20-22-8-10-29-20)17(12-15)28-9-6-14-5-3-4-7-21-14/h3-5,7-8,10-13H,6,9H2,1-2H3,(H2,22,23,24,25). The van der Waals surface area contributed by atoms with E-state index in [1.807, 2.05) is 23.6 Å². The molecule has 0 radical (unpaired) electrons. The molecule has 0 saturated heterocycles. The minimum absolute atomic E-state index is 0.196. The zero-order chi connectivity index (χ0) is 21.1. The minimum Gasteiger partial charge on any atom is -0.491 e. The first-order valence-electron chi connectivity index (χ1n) is 9.40. The van der Waals surface area contributed by atoms with Crippen molar-refractivity contribution in [1.82, 2.24) is 20.2 Å². The van der Waals surface area contributed by atoms with Crippen molar-refractivity contribution in [3.05, 3.63) is 53.8 Å². The monoisotopic (exact) mass is 443 g/mol. The van der Waals surface area contributed by atoms with E-state index in [0.29, 0.717) is 40.6 Å². The normalized spacial score (nSPS) is 11.8. The van der Waals surface area contributed by atoms with Gasteiger partial charge in [-0.25, -0.2) is 13.4 Å². The molecule has 1 aromatic carbocycles. The van der Waals surface area contributed by atoms with Crippen LogP contribution in [0.3, 0.4) is 0 Å². The Hall–Kier alpha value is -2.98. The summed E-state index contributed by atoms with van der Waals surface area (Å²) in [5, 5.41) is 13.0. The van der Waals surface area contributed by atoms with Crippen molar-refractivity contribution < 1.29 is 13.2 Å². The molecule has 3 aromatic heterocycles. The Morgan fingerprint density at radius 1 is 1.20 bits per heavy atom. The number of thiazole rings is 1. The van der Waals surface area contributed by atoms with Crippen LogP contribution in [-0.2, 0) is 16.3 Å². The molecule has 0 spiro atoms. The van der Waals surface area contributed by atoms with Gasteiger partial charge in [0.1, 0.15) is 11.3 Å². The van der Waals surface area contributed by atoms with Crippen LogP contribution < -0.4 is 10.1 Å². The predicted molar refractivity (Wildman–Crippen MR) is 117 cm³/mol. The summed E-state index contributed by atoms with van der Waals surface area (Å²) in [5.41, 5.74) is 1.52. The number of nitrogens with zero attached hydrogens (tertiary/aromatic N) is 3. The summed E-state index contributed by atoms with van der Waals surface area (Å²) in [6, 6.07) is 8.87.